The third kappa shape index (κ3) is 5.99. The first kappa shape index (κ1) is 33.3. The Bertz CT molecular complexity index is 1510. The summed E-state index contributed by atoms with van der Waals surface area (Å²) >= 11 is 1.32. The van der Waals surface area contributed by atoms with E-state index in [4.69, 9.17) is 33.2 Å². The van der Waals surface area contributed by atoms with E-state index in [0.717, 1.165) is 30.5 Å². The number of ether oxygens (including phenoxy) is 7. The Balaban J connectivity index is 1.40. The average molecular weight is 674 g/mol. The summed E-state index contributed by atoms with van der Waals surface area (Å²) < 4.78 is 41.1. The van der Waals surface area contributed by atoms with Crippen LogP contribution >= 0.6 is 11.8 Å². The van der Waals surface area contributed by atoms with Crippen molar-refractivity contribution in [1.82, 2.24) is 4.90 Å². The van der Waals surface area contributed by atoms with Crippen molar-refractivity contribution in [3.05, 3.63) is 35.4 Å². The molecular formula is C33H39NO12S. The van der Waals surface area contributed by atoms with Gasteiger partial charge in [-0.15, -0.1) is 11.8 Å². The number of esters is 5. The van der Waals surface area contributed by atoms with Crippen LogP contribution in [0.5, 0.6) is 11.5 Å². The van der Waals surface area contributed by atoms with E-state index in [-0.39, 0.29) is 23.8 Å². The number of carbonyl (C=O) groups is 5. The number of carbonyl (C=O) groups excluding carboxylic acids is 5. The molecule has 2 fully saturated rings. The summed E-state index contributed by atoms with van der Waals surface area (Å²) in [6, 6.07) is 4.04. The number of nitrogens with zero attached hydrogens (tertiary/aromatic N) is 1. The fraction of sp³-hybridized carbons (Fsp3) is 0.606. The molecule has 254 valence electrons. The Hall–Kier alpha value is -3.62. The minimum Gasteiger partial charge on any atom is -0.484 e. The number of rotatable bonds is 8. The summed E-state index contributed by atoms with van der Waals surface area (Å²) in [6.45, 7) is 6.71. The lowest BCUT2D eigenvalue weighted by Gasteiger charge is -2.57. The van der Waals surface area contributed by atoms with Gasteiger partial charge in [-0.25, -0.2) is 0 Å². The van der Waals surface area contributed by atoms with Gasteiger partial charge >= 0.3 is 29.8 Å². The molecule has 10 atom stereocenters. The van der Waals surface area contributed by atoms with Gasteiger partial charge in [-0.3, -0.25) is 24.0 Å². The Morgan fingerprint density at radius 1 is 0.894 bits per heavy atom. The molecular weight excluding hydrogens is 634 g/mol. The molecule has 13 nitrogen and oxygen atoms in total. The molecule has 47 heavy (non-hydrogen) atoms. The van der Waals surface area contributed by atoms with E-state index in [2.05, 4.69) is 24.1 Å². The van der Waals surface area contributed by atoms with Crippen molar-refractivity contribution in [3.63, 3.8) is 0 Å². The molecule has 5 unspecified atom stereocenters. The second-order valence-electron chi connectivity index (χ2n) is 12.7. The summed E-state index contributed by atoms with van der Waals surface area (Å²) in [7, 11) is 2.13. The third-order valence-corrected chi connectivity index (χ3v) is 11.0. The molecule has 0 saturated carbocycles. The van der Waals surface area contributed by atoms with Crippen LogP contribution in [0.1, 0.15) is 52.2 Å². The van der Waals surface area contributed by atoms with Gasteiger partial charge in [-0.05, 0) is 38.1 Å². The van der Waals surface area contributed by atoms with Gasteiger partial charge in [-0.2, -0.15) is 0 Å². The first-order chi connectivity index (χ1) is 22.3. The normalized spacial score (nSPS) is 34.7. The van der Waals surface area contributed by atoms with E-state index in [1.165, 1.54) is 46.4 Å². The maximum atomic E-state index is 12.4. The van der Waals surface area contributed by atoms with Gasteiger partial charge in [0.05, 0.1) is 5.25 Å². The lowest BCUT2D eigenvalue weighted by Crippen LogP contribution is -2.65. The van der Waals surface area contributed by atoms with Crippen molar-refractivity contribution < 1.29 is 57.1 Å². The van der Waals surface area contributed by atoms with Crippen molar-refractivity contribution >= 4 is 41.6 Å². The lowest BCUT2D eigenvalue weighted by molar-refractivity contribution is -0.237. The van der Waals surface area contributed by atoms with Gasteiger partial charge in [0.15, 0.2) is 29.8 Å². The maximum Gasteiger partial charge on any atom is 0.308 e. The van der Waals surface area contributed by atoms with Gasteiger partial charge in [-0.1, -0.05) is 18.2 Å². The zero-order chi connectivity index (χ0) is 33.8. The Morgan fingerprint density at radius 2 is 1.57 bits per heavy atom. The van der Waals surface area contributed by atoms with E-state index < -0.39 is 71.2 Å². The average Bonchev–Trinajstić information content (AvgIpc) is 3.33. The summed E-state index contributed by atoms with van der Waals surface area (Å²) in [5.41, 5.74) is 0.814. The van der Waals surface area contributed by atoms with Gasteiger partial charge in [0.2, 0.25) is 0 Å². The van der Waals surface area contributed by atoms with Gasteiger partial charge < -0.3 is 38.1 Å². The molecule has 2 aliphatic carbocycles. The minimum absolute atomic E-state index is 0.125. The third-order valence-electron chi connectivity index (χ3n) is 9.61. The number of hydrogen-bond acceptors (Lipinski definition) is 14. The van der Waals surface area contributed by atoms with Crippen molar-refractivity contribution in [2.45, 2.75) is 100 Å². The molecule has 1 spiro atoms. The van der Waals surface area contributed by atoms with E-state index in [0.29, 0.717) is 11.5 Å². The highest BCUT2D eigenvalue weighted by molar-refractivity contribution is 8.00. The number of likely N-dealkylation sites (tertiary alicyclic amines) is 1. The zero-order valence-corrected chi connectivity index (χ0v) is 27.9. The molecule has 6 rings (SSSR count). The number of piperidine rings is 1. The van der Waals surface area contributed by atoms with E-state index in [1.54, 1.807) is 6.07 Å². The molecule has 0 amide bonds. The van der Waals surface area contributed by atoms with Crippen LogP contribution < -0.4 is 9.47 Å². The maximum absolute atomic E-state index is 12.4. The quantitative estimate of drug-likeness (QED) is 0.172. The van der Waals surface area contributed by atoms with E-state index >= 15 is 0 Å². The zero-order valence-electron chi connectivity index (χ0n) is 27.1. The van der Waals surface area contributed by atoms with Crippen LogP contribution in [0.4, 0.5) is 0 Å². The molecule has 0 radical (unpaired) electrons. The first-order valence-corrected chi connectivity index (χ1v) is 16.6. The van der Waals surface area contributed by atoms with E-state index in [1.807, 2.05) is 6.07 Å². The fourth-order valence-corrected chi connectivity index (χ4v) is 9.52. The Labute approximate surface area is 276 Å². The minimum atomic E-state index is -1.27. The smallest absolute Gasteiger partial charge is 0.308 e. The fourth-order valence-electron chi connectivity index (χ4n) is 8.01. The summed E-state index contributed by atoms with van der Waals surface area (Å²) in [4.78, 5) is 63.2. The second-order valence-corrected chi connectivity index (χ2v) is 14.0. The Kier molecular flexibility index (Phi) is 9.05. The summed E-state index contributed by atoms with van der Waals surface area (Å²) in [5.74, 6) is -2.03. The number of thioether (sulfide) groups is 1. The van der Waals surface area contributed by atoms with Crippen LogP contribution in [0.2, 0.25) is 0 Å². The molecule has 2 bridgehead atoms. The monoisotopic (exact) mass is 673 g/mol. The Morgan fingerprint density at radius 3 is 2.23 bits per heavy atom. The highest BCUT2D eigenvalue weighted by Crippen LogP contribution is 2.64. The second kappa shape index (κ2) is 12.8. The lowest BCUT2D eigenvalue weighted by atomic mass is 9.53. The molecule has 0 N–H and O–H groups in total. The van der Waals surface area contributed by atoms with Crippen LogP contribution in [0, 0.1) is 5.92 Å². The van der Waals surface area contributed by atoms with Crippen LogP contribution in [0.15, 0.2) is 24.3 Å². The van der Waals surface area contributed by atoms with Crippen molar-refractivity contribution in [2.24, 2.45) is 5.92 Å². The van der Waals surface area contributed by atoms with Crippen LogP contribution in [-0.4, -0.2) is 102 Å². The van der Waals surface area contributed by atoms with Gasteiger partial charge in [0.25, 0.3) is 0 Å². The molecule has 14 heteroatoms. The first-order valence-electron chi connectivity index (χ1n) is 15.7. The van der Waals surface area contributed by atoms with Gasteiger partial charge in [0.1, 0.15) is 24.3 Å². The van der Waals surface area contributed by atoms with Crippen molar-refractivity contribution in [2.75, 3.05) is 20.2 Å². The molecule has 2 saturated heterocycles. The highest BCUT2D eigenvalue weighted by atomic mass is 32.2. The predicted octanol–water partition coefficient (Wildman–Crippen LogP) is 2.24. The highest BCUT2D eigenvalue weighted by Gasteiger charge is 2.65. The number of benzene rings is 1. The number of likely N-dealkylation sites (N-methyl/N-ethyl adjacent to an activating group) is 1. The molecule has 3 heterocycles. The molecule has 1 aromatic carbocycles. The van der Waals surface area contributed by atoms with Crippen LogP contribution in [-0.2, 0) is 59.5 Å². The SMILES string of the molecule is CC(=O)OC[C@H]1O[C@@H](SC2C=CC3C4Cc5ccc(OC(C)=O)c6c5C3(CCN4C)C2O6)[C@H](OC(C)=O)[C@@H](OC(C)=O)[C@@H]1OC(C)=O. The molecule has 0 aromatic heterocycles. The standard InChI is InChI=1S/C33H39NO12S/c1-15(35)40-14-24-28(42-17(3)37)29(43-18(4)38)30(44-19(5)39)32(45-24)47-25-10-8-21-22-13-20-7-9-23(41-16(2)36)27-26(20)33(21,31(25)46-27)11-12-34(22)6/h7-10,21-22,24-25,28-32H,11-14H2,1-6H3/t21?,22?,24-,25?,28-,29+,30-,31?,32+,33?/m1/s1. The van der Waals surface area contributed by atoms with Crippen LogP contribution in [0.25, 0.3) is 0 Å². The predicted molar refractivity (Wildman–Crippen MR) is 165 cm³/mol. The number of hydrogen-bond donors (Lipinski definition) is 0. The molecule has 1 aromatic rings. The molecule has 3 aliphatic heterocycles. The van der Waals surface area contributed by atoms with Crippen LogP contribution in [0.3, 0.4) is 0 Å². The van der Waals surface area contributed by atoms with E-state index in [9.17, 15) is 24.0 Å². The largest absolute Gasteiger partial charge is 0.484 e. The summed E-state index contributed by atoms with van der Waals surface area (Å²) in [5, 5.41) is -0.375. The van der Waals surface area contributed by atoms with Crippen molar-refractivity contribution in [1.29, 1.82) is 0 Å². The summed E-state index contributed by atoms with van der Waals surface area (Å²) in [6.07, 6.45) is 0.726. The van der Waals surface area contributed by atoms with Crippen molar-refractivity contribution in [3.8, 4) is 11.5 Å². The molecule has 5 aliphatic rings. The topological polar surface area (TPSA) is 153 Å². The van der Waals surface area contributed by atoms with Gasteiger partial charge in [0, 0.05) is 57.6 Å².